The van der Waals surface area contributed by atoms with Gasteiger partial charge in [-0.25, -0.2) is 4.98 Å². The van der Waals surface area contributed by atoms with E-state index in [1.54, 1.807) is 11.3 Å². The standard InChI is InChI=1S/C62H39N3S2/c1-62(2)48-23-11-8-19-40(48)41-30-28-37(32-49(41)62)38-29-31-45-53(33-38)65(61-63-50-24-12-15-27-55(50)67-61)59-57(45)43-21-6-7-22-44(43)58-47-34-46-42-20-10-14-26-52(42)64(54(46)35-56(47)66-60(58)59)51-25-13-9-18-39(51)36-16-4-3-5-17-36/h3-35H,1-2H3. The van der Waals surface area contributed by atoms with Crippen LogP contribution in [0.15, 0.2) is 200 Å². The van der Waals surface area contributed by atoms with Gasteiger partial charge in [-0.15, -0.1) is 11.3 Å². The molecule has 0 spiro atoms. The van der Waals surface area contributed by atoms with Crippen LogP contribution in [0.1, 0.15) is 25.0 Å². The molecule has 14 aromatic rings. The minimum Gasteiger partial charge on any atom is -0.309 e. The number of aromatic nitrogens is 3. The average Bonchev–Trinajstić information content (AvgIpc) is 4.18. The van der Waals surface area contributed by atoms with Crippen molar-refractivity contribution in [1.82, 2.24) is 14.1 Å². The fraction of sp³-hybridized carbons (Fsp3) is 0.0484. The molecule has 0 unspecified atom stereocenters. The quantitative estimate of drug-likeness (QED) is 0.173. The number of nitrogens with zero attached hydrogens (tertiary/aromatic N) is 3. The molecule has 5 heteroatoms. The van der Waals surface area contributed by atoms with Crippen LogP contribution in [-0.2, 0) is 5.41 Å². The van der Waals surface area contributed by atoms with Crippen LogP contribution < -0.4 is 0 Å². The lowest BCUT2D eigenvalue weighted by atomic mass is 9.81. The highest BCUT2D eigenvalue weighted by Gasteiger charge is 2.35. The molecule has 0 radical (unpaired) electrons. The fourth-order valence-electron chi connectivity index (χ4n) is 11.7. The summed E-state index contributed by atoms with van der Waals surface area (Å²) in [6.07, 6.45) is 0. The second kappa shape index (κ2) is 13.6. The summed E-state index contributed by atoms with van der Waals surface area (Å²) in [7, 11) is 0. The SMILES string of the molecule is CC1(C)c2ccccc2-c2ccc(-c3ccc4c5c6ccccc6c6c7cc8c9ccccc9n(-c9ccccc9-c9ccccc9)c8cc7sc6c5n(-c5nc6ccccc6s5)c4c3)cc21. The van der Waals surface area contributed by atoms with E-state index in [9.17, 15) is 0 Å². The van der Waals surface area contributed by atoms with Crippen molar-refractivity contribution >= 4 is 107 Å². The van der Waals surface area contributed by atoms with Crippen molar-refractivity contribution in [2.24, 2.45) is 0 Å². The summed E-state index contributed by atoms with van der Waals surface area (Å²) in [5.41, 5.74) is 17.2. The maximum atomic E-state index is 5.42. The van der Waals surface area contributed by atoms with Gasteiger partial charge in [0.05, 0.1) is 42.7 Å². The molecule has 314 valence electrons. The molecule has 0 saturated heterocycles. The Balaban J connectivity index is 1.05. The minimum absolute atomic E-state index is 0.0851. The lowest BCUT2D eigenvalue weighted by Gasteiger charge is -2.22. The van der Waals surface area contributed by atoms with E-state index in [0.717, 1.165) is 10.6 Å². The first kappa shape index (κ1) is 37.4. The molecule has 0 fully saturated rings. The Morgan fingerprint density at radius 1 is 0.403 bits per heavy atom. The van der Waals surface area contributed by atoms with Crippen molar-refractivity contribution < 1.29 is 0 Å². The summed E-state index contributed by atoms with van der Waals surface area (Å²) in [6, 6.07) is 74.3. The number of rotatable bonds is 4. The molecule has 4 aromatic heterocycles. The lowest BCUT2D eigenvalue weighted by Crippen LogP contribution is -2.14. The maximum absolute atomic E-state index is 5.42. The highest BCUT2D eigenvalue weighted by atomic mass is 32.1. The lowest BCUT2D eigenvalue weighted by molar-refractivity contribution is 0.660. The van der Waals surface area contributed by atoms with E-state index in [2.05, 4.69) is 223 Å². The largest absolute Gasteiger partial charge is 0.309 e. The Morgan fingerprint density at radius 2 is 1.07 bits per heavy atom. The second-order valence-corrected chi connectivity index (χ2v) is 20.7. The summed E-state index contributed by atoms with van der Waals surface area (Å²) in [4.78, 5) is 5.42. The number of benzene rings is 10. The van der Waals surface area contributed by atoms with Gasteiger partial charge in [-0.2, -0.15) is 0 Å². The molecule has 0 amide bonds. The second-order valence-electron chi connectivity index (χ2n) is 18.6. The van der Waals surface area contributed by atoms with Crippen LogP contribution in [-0.4, -0.2) is 14.1 Å². The van der Waals surface area contributed by atoms with Crippen molar-refractivity contribution in [2.45, 2.75) is 19.3 Å². The van der Waals surface area contributed by atoms with E-state index < -0.39 is 0 Å². The summed E-state index contributed by atoms with van der Waals surface area (Å²) in [5, 5.41) is 11.1. The van der Waals surface area contributed by atoms with Gasteiger partial charge in [-0.05, 0) is 98.2 Å². The minimum atomic E-state index is -0.0851. The molecule has 1 aliphatic carbocycles. The van der Waals surface area contributed by atoms with Crippen LogP contribution in [0, 0.1) is 0 Å². The molecule has 0 saturated carbocycles. The van der Waals surface area contributed by atoms with Crippen LogP contribution in [0.5, 0.6) is 0 Å². The van der Waals surface area contributed by atoms with E-state index in [1.165, 1.54) is 129 Å². The zero-order chi connectivity index (χ0) is 44.1. The number of thiazole rings is 1. The van der Waals surface area contributed by atoms with Gasteiger partial charge in [0.25, 0.3) is 0 Å². The van der Waals surface area contributed by atoms with E-state index in [4.69, 9.17) is 4.98 Å². The summed E-state index contributed by atoms with van der Waals surface area (Å²) in [5.74, 6) is 0. The van der Waals surface area contributed by atoms with Crippen LogP contribution >= 0.6 is 22.7 Å². The molecule has 4 heterocycles. The fourth-order valence-corrected chi connectivity index (χ4v) is 14.0. The van der Waals surface area contributed by atoms with Crippen LogP contribution in [0.3, 0.4) is 0 Å². The molecule has 15 rings (SSSR count). The van der Waals surface area contributed by atoms with Gasteiger partial charge in [0, 0.05) is 48.0 Å². The van der Waals surface area contributed by atoms with Gasteiger partial charge < -0.3 is 4.57 Å². The molecular weight excluding hydrogens is 851 g/mol. The Morgan fingerprint density at radius 3 is 1.94 bits per heavy atom. The van der Waals surface area contributed by atoms with E-state index >= 15 is 0 Å². The number of fused-ring (bicyclic) bond motifs is 17. The monoisotopic (exact) mass is 889 g/mol. The van der Waals surface area contributed by atoms with Crippen LogP contribution in [0.4, 0.5) is 0 Å². The number of hydrogen-bond acceptors (Lipinski definition) is 3. The van der Waals surface area contributed by atoms with E-state index in [0.29, 0.717) is 0 Å². The predicted octanol–water partition coefficient (Wildman–Crippen LogP) is 17.7. The Kier molecular flexibility index (Phi) is 7.60. The molecule has 0 atom stereocenters. The van der Waals surface area contributed by atoms with Crippen molar-refractivity contribution in [1.29, 1.82) is 0 Å². The van der Waals surface area contributed by atoms with Gasteiger partial charge in [-0.1, -0.05) is 177 Å². The van der Waals surface area contributed by atoms with Gasteiger partial charge in [0.2, 0.25) is 0 Å². The molecule has 0 aliphatic heterocycles. The van der Waals surface area contributed by atoms with Crippen molar-refractivity contribution in [2.75, 3.05) is 0 Å². The zero-order valence-electron chi connectivity index (χ0n) is 36.7. The Labute approximate surface area is 394 Å². The van der Waals surface area contributed by atoms with Gasteiger partial charge in [0.1, 0.15) is 0 Å². The predicted molar refractivity (Wildman–Crippen MR) is 287 cm³/mol. The number of thiophene rings is 1. The topological polar surface area (TPSA) is 22.8 Å². The van der Waals surface area contributed by atoms with E-state index in [1.807, 2.05) is 11.3 Å². The van der Waals surface area contributed by atoms with E-state index in [-0.39, 0.29) is 5.41 Å². The molecule has 0 N–H and O–H groups in total. The smallest absolute Gasteiger partial charge is 0.195 e. The van der Waals surface area contributed by atoms with Crippen LogP contribution in [0.2, 0.25) is 0 Å². The third-order valence-corrected chi connectivity index (χ3v) is 16.9. The molecule has 10 aromatic carbocycles. The Bertz CT molecular complexity index is 4390. The maximum Gasteiger partial charge on any atom is 0.195 e. The third kappa shape index (κ3) is 5.13. The number of para-hydroxylation sites is 3. The normalized spacial score (nSPS) is 13.3. The van der Waals surface area contributed by atoms with Crippen molar-refractivity contribution in [3.05, 3.63) is 211 Å². The third-order valence-electron chi connectivity index (χ3n) is 14.8. The molecule has 3 nitrogen and oxygen atoms in total. The van der Waals surface area contributed by atoms with Gasteiger partial charge >= 0.3 is 0 Å². The first-order valence-electron chi connectivity index (χ1n) is 23.0. The number of hydrogen-bond donors (Lipinski definition) is 0. The average molecular weight is 890 g/mol. The highest BCUT2D eigenvalue weighted by molar-refractivity contribution is 7.27. The summed E-state index contributed by atoms with van der Waals surface area (Å²) in [6.45, 7) is 4.73. The van der Waals surface area contributed by atoms with Gasteiger partial charge in [0.15, 0.2) is 5.13 Å². The zero-order valence-corrected chi connectivity index (χ0v) is 38.3. The molecule has 1 aliphatic rings. The highest BCUT2D eigenvalue weighted by Crippen LogP contribution is 2.52. The van der Waals surface area contributed by atoms with Crippen molar-refractivity contribution in [3.8, 4) is 44.2 Å². The summed E-state index contributed by atoms with van der Waals surface area (Å²) >= 11 is 3.69. The first-order chi connectivity index (χ1) is 33.0. The Hall–Kier alpha value is -7.83. The van der Waals surface area contributed by atoms with Gasteiger partial charge in [-0.3, -0.25) is 4.57 Å². The van der Waals surface area contributed by atoms with Crippen LogP contribution in [0.25, 0.3) is 129 Å². The molecule has 0 bridgehead atoms. The van der Waals surface area contributed by atoms with Crippen molar-refractivity contribution in [3.63, 3.8) is 0 Å². The first-order valence-corrected chi connectivity index (χ1v) is 24.7. The molecule has 67 heavy (non-hydrogen) atoms. The molecular formula is C62H39N3S2. The summed E-state index contributed by atoms with van der Waals surface area (Å²) < 4.78 is 8.73.